The van der Waals surface area contributed by atoms with Gasteiger partial charge in [-0.2, -0.15) is 11.8 Å². The number of aromatic nitrogens is 2. The molecule has 0 saturated carbocycles. The van der Waals surface area contributed by atoms with Gasteiger partial charge in [0, 0.05) is 30.0 Å². The van der Waals surface area contributed by atoms with Crippen molar-refractivity contribution in [2.45, 2.75) is 38.2 Å². The number of nitrogens with zero attached hydrogens (tertiary/aromatic N) is 2. The Hall–Kier alpha value is -0.770. The van der Waals surface area contributed by atoms with Gasteiger partial charge in [-0.3, -0.25) is 0 Å². The Morgan fingerprint density at radius 1 is 1.27 bits per heavy atom. The molecule has 15 heavy (non-hydrogen) atoms. The van der Waals surface area contributed by atoms with Crippen molar-refractivity contribution in [2.24, 2.45) is 0 Å². The molecule has 0 aromatic carbocycles. The van der Waals surface area contributed by atoms with Crippen LogP contribution < -0.4 is 5.32 Å². The topological polar surface area (TPSA) is 37.8 Å². The SMILES string of the molecule is CCCNc1nc(CC)nc2c1CSC2. The van der Waals surface area contributed by atoms with Gasteiger partial charge in [0.1, 0.15) is 11.6 Å². The first kappa shape index (κ1) is 10.7. The normalized spacial score (nSPS) is 14.0. The maximum Gasteiger partial charge on any atom is 0.134 e. The fourth-order valence-electron chi connectivity index (χ4n) is 1.65. The van der Waals surface area contributed by atoms with E-state index in [9.17, 15) is 0 Å². The molecule has 4 heteroatoms. The van der Waals surface area contributed by atoms with Crippen LogP contribution in [-0.2, 0) is 17.9 Å². The molecule has 1 aliphatic rings. The lowest BCUT2D eigenvalue weighted by molar-refractivity contribution is 0.890. The minimum atomic E-state index is 0.915. The lowest BCUT2D eigenvalue weighted by Gasteiger charge is -2.10. The molecule has 1 N–H and O–H groups in total. The lowest BCUT2D eigenvalue weighted by atomic mass is 10.2. The van der Waals surface area contributed by atoms with Crippen molar-refractivity contribution >= 4 is 17.6 Å². The van der Waals surface area contributed by atoms with Crippen molar-refractivity contribution in [1.29, 1.82) is 0 Å². The smallest absolute Gasteiger partial charge is 0.134 e. The summed E-state index contributed by atoms with van der Waals surface area (Å²) in [6, 6.07) is 0. The van der Waals surface area contributed by atoms with Gasteiger partial charge < -0.3 is 5.32 Å². The number of aryl methyl sites for hydroxylation is 1. The summed E-state index contributed by atoms with van der Waals surface area (Å²) >= 11 is 1.93. The highest BCUT2D eigenvalue weighted by Crippen LogP contribution is 2.32. The van der Waals surface area contributed by atoms with Crippen LogP contribution in [0, 0.1) is 0 Å². The van der Waals surface area contributed by atoms with Crippen LogP contribution in [0.3, 0.4) is 0 Å². The van der Waals surface area contributed by atoms with Gasteiger partial charge in [-0.15, -0.1) is 0 Å². The fraction of sp³-hybridized carbons (Fsp3) is 0.636. The van der Waals surface area contributed by atoms with Gasteiger partial charge >= 0.3 is 0 Å². The highest BCUT2D eigenvalue weighted by molar-refractivity contribution is 7.98. The number of anilines is 1. The van der Waals surface area contributed by atoms with Crippen molar-refractivity contribution in [3.63, 3.8) is 0 Å². The standard InChI is InChI=1S/C11H17N3S/c1-3-5-12-11-8-6-15-7-9(8)13-10(4-2)14-11/h3-7H2,1-2H3,(H,12,13,14). The van der Waals surface area contributed by atoms with E-state index in [2.05, 4.69) is 29.1 Å². The Morgan fingerprint density at radius 3 is 2.87 bits per heavy atom. The van der Waals surface area contributed by atoms with Crippen LogP contribution in [-0.4, -0.2) is 16.5 Å². The molecule has 0 amide bonds. The Balaban J connectivity index is 2.30. The predicted molar refractivity (Wildman–Crippen MR) is 65.2 cm³/mol. The summed E-state index contributed by atoms with van der Waals surface area (Å²) in [6.07, 6.45) is 2.05. The third kappa shape index (κ3) is 2.25. The molecule has 0 radical (unpaired) electrons. The molecule has 0 bridgehead atoms. The second-order valence-electron chi connectivity index (χ2n) is 3.69. The van der Waals surface area contributed by atoms with Gasteiger partial charge in [-0.1, -0.05) is 13.8 Å². The van der Waals surface area contributed by atoms with Crippen molar-refractivity contribution in [3.05, 3.63) is 17.1 Å². The quantitative estimate of drug-likeness (QED) is 0.851. The van der Waals surface area contributed by atoms with Crippen molar-refractivity contribution < 1.29 is 0 Å². The van der Waals surface area contributed by atoms with Crippen LogP contribution in [0.2, 0.25) is 0 Å². The second kappa shape index (κ2) is 4.84. The Kier molecular flexibility index (Phi) is 3.46. The van der Waals surface area contributed by atoms with E-state index in [1.165, 1.54) is 11.3 Å². The summed E-state index contributed by atoms with van der Waals surface area (Å²) in [5.41, 5.74) is 2.57. The van der Waals surface area contributed by atoms with Crippen LogP contribution in [0.1, 0.15) is 37.4 Å². The van der Waals surface area contributed by atoms with E-state index in [0.29, 0.717) is 0 Å². The molecule has 0 aliphatic carbocycles. The number of nitrogens with one attached hydrogen (secondary N) is 1. The number of hydrogen-bond donors (Lipinski definition) is 1. The largest absolute Gasteiger partial charge is 0.370 e. The molecule has 0 atom stereocenters. The van der Waals surface area contributed by atoms with Gasteiger partial charge in [0.25, 0.3) is 0 Å². The summed E-state index contributed by atoms with van der Waals surface area (Å²) in [6.45, 7) is 5.27. The highest BCUT2D eigenvalue weighted by atomic mass is 32.2. The molecule has 2 heterocycles. The minimum Gasteiger partial charge on any atom is -0.370 e. The van der Waals surface area contributed by atoms with Crippen LogP contribution in [0.4, 0.5) is 5.82 Å². The zero-order valence-corrected chi connectivity index (χ0v) is 10.2. The fourth-order valence-corrected chi connectivity index (χ4v) is 2.69. The van der Waals surface area contributed by atoms with E-state index in [-0.39, 0.29) is 0 Å². The van der Waals surface area contributed by atoms with Crippen molar-refractivity contribution in [1.82, 2.24) is 9.97 Å². The monoisotopic (exact) mass is 223 g/mol. The third-order valence-corrected chi connectivity index (χ3v) is 3.45. The van der Waals surface area contributed by atoms with Gasteiger partial charge in [-0.25, -0.2) is 9.97 Å². The molecule has 1 aromatic heterocycles. The van der Waals surface area contributed by atoms with E-state index < -0.39 is 0 Å². The van der Waals surface area contributed by atoms with E-state index in [1.54, 1.807) is 0 Å². The molecule has 3 nitrogen and oxygen atoms in total. The Labute approximate surface area is 95.1 Å². The van der Waals surface area contributed by atoms with Gasteiger partial charge in [-0.05, 0) is 6.42 Å². The van der Waals surface area contributed by atoms with Crippen LogP contribution in [0.15, 0.2) is 0 Å². The molecule has 2 rings (SSSR count). The number of thioether (sulfide) groups is 1. The molecule has 0 spiro atoms. The maximum absolute atomic E-state index is 4.57. The van der Waals surface area contributed by atoms with Crippen LogP contribution in [0.5, 0.6) is 0 Å². The predicted octanol–water partition coefficient (Wildman–Crippen LogP) is 2.61. The van der Waals surface area contributed by atoms with Crippen molar-refractivity contribution in [2.75, 3.05) is 11.9 Å². The zero-order chi connectivity index (χ0) is 10.7. The molecule has 82 valence electrons. The number of rotatable bonds is 4. The third-order valence-electron chi connectivity index (χ3n) is 2.48. The van der Waals surface area contributed by atoms with Gasteiger partial charge in [0.15, 0.2) is 0 Å². The summed E-state index contributed by atoms with van der Waals surface area (Å²) < 4.78 is 0. The zero-order valence-electron chi connectivity index (χ0n) is 9.34. The summed E-state index contributed by atoms with van der Waals surface area (Å²) in [5, 5.41) is 3.40. The Morgan fingerprint density at radius 2 is 2.13 bits per heavy atom. The number of hydrogen-bond acceptors (Lipinski definition) is 4. The average Bonchev–Trinajstić information content (AvgIpc) is 2.73. The lowest BCUT2D eigenvalue weighted by Crippen LogP contribution is -2.09. The highest BCUT2D eigenvalue weighted by Gasteiger charge is 2.18. The average molecular weight is 223 g/mol. The van der Waals surface area contributed by atoms with E-state index in [1.807, 2.05) is 11.8 Å². The molecule has 0 saturated heterocycles. The first-order chi connectivity index (χ1) is 7.35. The van der Waals surface area contributed by atoms with Crippen LogP contribution >= 0.6 is 11.8 Å². The number of fused-ring (bicyclic) bond motifs is 1. The molecule has 0 fully saturated rings. The summed E-state index contributed by atoms with van der Waals surface area (Å²) in [7, 11) is 0. The molecule has 1 aliphatic heterocycles. The van der Waals surface area contributed by atoms with E-state index in [0.717, 1.165) is 42.5 Å². The molecule has 1 aromatic rings. The minimum absolute atomic E-state index is 0.915. The van der Waals surface area contributed by atoms with E-state index in [4.69, 9.17) is 0 Å². The van der Waals surface area contributed by atoms with E-state index >= 15 is 0 Å². The summed E-state index contributed by atoms with van der Waals surface area (Å²) in [5.74, 6) is 4.15. The molecular formula is C11H17N3S. The molecular weight excluding hydrogens is 206 g/mol. The van der Waals surface area contributed by atoms with Crippen molar-refractivity contribution in [3.8, 4) is 0 Å². The van der Waals surface area contributed by atoms with Crippen LogP contribution in [0.25, 0.3) is 0 Å². The molecule has 0 unspecified atom stereocenters. The first-order valence-electron chi connectivity index (χ1n) is 5.55. The first-order valence-corrected chi connectivity index (χ1v) is 6.70. The van der Waals surface area contributed by atoms with Gasteiger partial charge in [0.2, 0.25) is 0 Å². The second-order valence-corrected chi connectivity index (χ2v) is 4.67. The maximum atomic E-state index is 4.57. The van der Waals surface area contributed by atoms with Gasteiger partial charge in [0.05, 0.1) is 5.69 Å². The summed E-state index contributed by atoms with van der Waals surface area (Å²) in [4.78, 5) is 9.13. The Bertz CT molecular complexity index is 352.